The van der Waals surface area contributed by atoms with Gasteiger partial charge >= 0.3 is 0 Å². The Balaban J connectivity index is 2.34. The Bertz CT molecular complexity index is 650. The van der Waals surface area contributed by atoms with Gasteiger partial charge in [-0.2, -0.15) is 0 Å². The summed E-state index contributed by atoms with van der Waals surface area (Å²) >= 11 is 0. The van der Waals surface area contributed by atoms with Crippen molar-refractivity contribution in [3.63, 3.8) is 0 Å². The molecule has 1 saturated carbocycles. The van der Waals surface area contributed by atoms with E-state index in [0.717, 1.165) is 12.8 Å². The molecule has 20 heavy (non-hydrogen) atoms. The zero-order valence-electron chi connectivity index (χ0n) is 11.8. The molecule has 0 radical (unpaired) electrons. The van der Waals surface area contributed by atoms with Gasteiger partial charge in [-0.25, -0.2) is 13.1 Å². The van der Waals surface area contributed by atoms with Gasteiger partial charge in [0, 0.05) is 11.1 Å². The van der Waals surface area contributed by atoms with E-state index in [4.69, 9.17) is 5.73 Å². The zero-order chi connectivity index (χ0) is 14.8. The second-order valence-electron chi connectivity index (χ2n) is 5.60. The van der Waals surface area contributed by atoms with Crippen LogP contribution in [-0.2, 0) is 10.0 Å². The average molecular weight is 292 g/mol. The lowest BCUT2D eigenvalue weighted by atomic mass is 10.0. The Hall–Kier alpha value is -1.35. The van der Waals surface area contributed by atoms with Crippen molar-refractivity contribution in [2.75, 3.05) is 6.54 Å². The van der Waals surface area contributed by atoms with Crippen molar-refractivity contribution in [2.24, 2.45) is 11.7 Å². The van der Waals surface area contributed by atoms with Crippen LogP contribution in [0, 0.1) is 17.8 Å². The highest BCUT2D eigenvalue weighted by molar-refractivity contribution is 7.89. The van der Waals surface area contributed by atoms with Crippen molar-refractivity contribution in [3.8, 4) is 11.8 Å². The molecule has 108 valence electrons. The minimum absolute atomic E-state index is 0.204. The molecule has 0 unspecified atom stereocenters. The van der Waals surface area contributed by atoms with Gasteiger partial charge in [-0.05, 0) is 44.7 Å². The Labute approximate surface area is 120 Å². The summed E-state index contributed by atoms with van der Waals surface area (Å²) in [5.41, 5.74) is 5.41. The Morgan fingerprint density at radius 3 is 2.60 bits per heavy atom. The first-order valence-corrected chi connectivity index (χ1v) is 8.17. The summed E-state index contributed by atoms with van der Waals surface area (Å²) in [5.74, 6) is 5.93. The Kier molecular flexibility index (Phi) is 4.19. The number of hydrogen-bond acceptors (Lipinski definition) is 3. The van der Waals surface area contributed by atoms with Crippen molar-refractivity contribution >= 4 is 10.0 Å². The fourth-order valence-corrected chi connectivity index (χ4v) is 3.88. The van der Waals surface area contributed by atoms with Gasteiger partial charge in [0.15, 0.2) is 0 Å². The van der Waals surface area contributed by atoms with Gasteiger partial charge in [0.1, 0.15) is 0 Å². The summed E-state index contributed by atoms with van der Waals surface area (Å²) < 4.78 is 27.9. The van der Waals surface area contributed by atoms with Crippen LogP contribution in [0.1, 0.15) is 32.3 Å². The molecule has 1 fully saturated rings. The number of benzene rings is 1. The van der Waals surface area contributed by atoms with E-state index >= 15 is 0 Å². The van der Waals surface area contributed by atoms with E-state index in [-0.39, 0.29) is 11.4 Å². The van der Waals surface area contributed by atoms with Gasteiger partial charge < -0.3 is 5.73 Å². The smallest absolute Gasteiger partial charge is 0.242 e. The highest BCUT2D eigenvalue weighted by atomic mass is 32.2. The summed E-state index contributed by atoms with van der Waals surface area (Å²) in [6, 6.07) is 6.74. The van der Waals surface area contributed by atoms with E-state index in [1.54, 1.807) is 24.3 Å². The minimum Gasteiger partial charge on any atom is -0.320 e. The van der Waals surface area contributed by atoms with Crippen LogP contribution in [0.4, 0.5) is 0 Å². The number of rotatable bonds is 4. The van der Waals surface area contributed by atoms with E-state index in [1.165, 1.54) is 0 Å². The van der Waals surface area contributed by atoms with E-state index in [1.807, 2.05) is 13.8 Å². The SMILES string of the molecule is CC(C)(NS(=O)(=O)c1ccccc1C#CCN)C1CC1. The van der Waals surface area contributed by atoms with Crippen molar-refractivity contribution in [3.05, 3.63) is 29.8 Å². The van der Waals surface area contributed by atoms with Crippen molar-refractivity contribution in [1.29, 1.82) is 0 Å². The maximum absolute atomic E-state index is 12.6. The lowest BCUT2D eigenvalue weighted by Crippen LogP contribution is -2.45. The van der Waals surface area contributed by atoms with Crippen molar-refractivity contribution < 1.29 is 8.42 Å². The highest BCUT2D eigenvalue weighted by Crippen LogP contribution is 2.40. The molecule has 1 aliphatic carbocycles. The van der Waals surface area contributed by atoms with Crippen LogP contribution in [0.2, 0.25) is 0 Å². The maximum atomic E-state index is 12.6. The number of nitrogens with one attached hydrogen (secondary N) is 1. The molecule has 5 heteroatoms. The molecule has 0 aromatic heterocycles. The number of nitrogens with two attached hydrogens (primary N) is 1. The fraction of sp³-hybridized carbons (Fsp3) is 0.467. The van der Waals surface area contributed by atoms with E-state index in [0.29, 0.717) is 11.5 Å². The first kappa shape index (κ1) is 15.0. The summed E-state index contributed by atoms with van der Waals surface area (Å²) in [5, 5.41) is 0. The van der Waals surface area contributed by atoms with E-state index in [2.05, 4.69) is 16.6 Å². The Morgan fingerprint density at radius 2 is 2.00 bits per heavy atom. The summed E-state index contributed by atoms with van der Waals surface area (Å²) in [7, 11) is -3.58. The van der Waals surface area contributed by atoms with Crippen LogP contribution in [0.3, 0.4) is 0 Å². The molecule has 1 aliphatic rings. The van der Waals surface area contributed by atoms with Gasteiger partial charge in [-0.3, -0.25) is 0 Å². The second kappa shape index (κ2) is 5.57. The van der Waals surface area contributed by atoms with Gasteiger partial charge in [-0.1, -0.05) is 24.0 Å². The highest BCUT2D eigenvalue weighted by Gasteiger charge is 2.40. The molecule has 0 atom stereocenters. The molecule has 3 N–H and O–H groups in total. The molecule has 0 heterocycles. The van der Waals surface area contributed by atoms with Crippen LogP contribution in [-0.4, -0.2) is 20.5 Å². The molecular weight excluding hydrogens is 272 g/mol. The summed E-state index contributed by atoms with van der Waals surface area (Å²) in [4.78, 5) is 0.217. The molecular formula is C15H20N2O2S. The topological polar surface area (TPSA) is 72.2 Å². The molecule has 1 aromatic rings. The van der Waals surface area contributed by atoms with Crippen LogP contribution in [0.5, 0.6) is 0 Å². The van der Waals surface area contributed by atoms with Crippen LogP contribution in [0.25, 0.3) is 0 Å². The van der Waals surface area contributed by atoms with Crippen LogP contribution in [0.15, 0.2) is 29.2 Å². The molecule has 1 aromatic carbocycles. The Morgan fingerprint density at radius 1 is 1.35 bits per heavy atom. The maximum Gasteiger partial charge on any atom is 0.242 e. The third-order valence-electron chi connectivity index (χ3n) is 3.50. The van der Waals surface area contributed by atoms with Gasteiger partial charge in [0.25, 0.3) is 0 Å². The first-order valence-electron chi connectivity index (χ1n) is 6.69. The predicted octanol–water partition coefficient (Wildman–Crippen LogP) is 1.46. The first-order chi connectivity index (χ1) is 9.37. The molecule has 0 aliphatic heterocycles. The molecule has 0 saturated heterocycles. The standard InChI is InChI=1S/C15H20N2O2S/c1-15(2,13-9-10-13)17-20(18,19)14-8-4-3-6-12(14)7-5-11-16/h3-4,6,8,13,17H,9-11,16H2,1-2H3. The van der Waals surface area contributed by atoms with Gasteiger partial charge in [0.05, 0.1) is 11.4 Å². The van der Waals surface area contributed by atoms with Crippen molar-refractivity contribution in [2.45, 2.75) is 37.1 Å². The summed E-state index contributed by atoms with van der Waals surface area (Å²) in [6.07, 6.45) is 2.15. The van der Waals surface area contributed by atoms with Crippen LogP contribution >= 0.6 is 0 Å². The van der Waals surface area contributed by atoms with E-state index in [9.17, 15) is 8.42 Å². The quantitative estimate of drug-likeness (QED) is 0.825. The molecule has 0 spiro atoms. The normalized spacial score (nSPS) is 15.6. The fourth-order valence-electron chi connectivity index (χ4n) is 2.24. The van der Waals surface area contributed by atoms with Gasteiger partial charge in [-0.15, -0.1) is 0 Å². The zero-order valence-corrected chi connectivity index (χ0v) is 12.6. The molecule has 2 rings (SSSR count). The lowest BCUT2D eigenvalue weighted by molar-refractivity contribution is 0.400. The number of sulfonamides is 1. The molecule has 4 nitrogen and oxygen atoms in total. The second-order valence-corrected chi connectivity index (χ2v) is 7.25. The molecule has 0 amide bonds. The monoisotopic (exact) mass is 292 g/mol. The van der Waals surface area contributed by atoms with Crippen LogP contribution < -0.4 is 10.5 Å². The average Bonchev–Trinajstić information content (AvgIpc) is 3.20. The third kappa shape index (κ3) is 3.40. The van der Waals surface area contributed by atoms with Gasteiger partial charge in [0.2, 0.25) is 10.0 Å². The lowest BCUT2D eigenvalue weighted by Gasteiger charge is -2.26. The molecule has 0 bridgehead atoms. The predicted molar refractivity (Wildman–Crippen MR) is 79.5 cm³/mol. The largest absolute Gasteiger partial charge is 0.320 e. The van der Waals surface area contributed by atoms with Crippen molar-refractivity contribution in [1.82, 2.24) is 4.72 Å². The minimum atomic E-state index is -3.58. The van der Waals surface area contributed by atoms with E-state index < -0.39 is 15.6 Å². The summed E-state index contributed by atoms with van der Waals surface area (Å²) in [6.45, 7) is 4.06. The third-order valence-corrected chi connectivity index (χ3v) is 5.23. The number of hydrogen-bond donors (Lipinski definition) is 2.